The number of rotatable bonds is 5. The highest BCUT2D eigenvalue weighted by molar-refractivity contribution is 6.07. The van der Waals surface area contributed by atoms with E-state index in [2.05, 4.69) is 11.9 Å². The minimum Gasteiger partial charge on any atom is -0.339 e. The van der Waals surface area contributed by atoms with Gasteiger partial charge in [-0.05, 0) is 50.3 Å². The number of piperidine rings is 1. The molecule has 28 heavy (non-hydrogen) atoms. The summed E-state index contributed by atoms with van der Waals surface area (Å²) in [6.45, 7) is 8.61. The van der Waals surface area contributed by atoms with Crippen molar-refractivity contribution in [3.05, 3.63) is 47.8 Å². The Morgan fingerprint density at radius 2 is 2.00 bits per heavy atom. The van der Waals surface area contributed by atoms with Crippen LogP contribution in [0.15, 0.2) is 36.4 Å². The summed E-state index contributed by atoms with van der Waals surface area (Å²) in [4.78, 5) is 41.0. The number of benzene rings is 1. The maximum Gasteiger partial charge on any atom is 0.325 e. The molecule has 150 valence electrons. The van der Waals surface area contributed by atoms with E-state index < -0.39 is 11.4 Å². The topological polar surface area (TPSA) is 69.7 Å². The molecule has 2 fully saturated rings. The number of carbonyl (C=O) groups is 3. The molecular weight excluding hydrogens is 361 g/mol. The molecule has 1 N–H and O–H groups in total. The zero-order valence-electron chi connectivity index (χ0n) is 16.3. The maximum absolute atomic E-state index is 13.4. The number of halogens is 1. The highest BCUT2D eigenvalue weighted by Gasteiger charge is 2.54. The molecule has 2 saturated heterocycles. The molecule has 1 aromatic carbocycles. The first-order valence-electron chi connectivity index (χ1n) is 9.62. The van der Waals surface area contributed by atoms with Crippen LogP contribution in [0.5, 0.6) is 0 Å². The molecule has 2 aliphatic heterocycles. The van der Waals surface area contributed by atoms with Crippen LogP contribution in [0.2, 0.25) is 0 Å². The lowest BCUT2D eigenvalue weighted by Crippen LogP contribution is -2.56. The largest absolute Gasteiger partial charge is 0.339 e. The first kappa shape index (κ1) is 20.0. The normalized spacial score (nSPS) is 23.1. The molecule has 0 aliphatic carbocycles. The lowest BCUT2D eigenvalue weighted by atomic mass is 9.75. The third-order valence-electron chi connectivity index (χ3n) is 5.74. The minimum absolute atomic E-state index is 0.0550. The third-order valence-corrected chi connectivity index (χ3v) is 5.74. The minimum atomic E-state index is -0.930. The summed E-state index contributed by atoms with van der Waals surface area (Å²) in [7, 11) is 0. The standard InChI is InChI=1S/C21H26FN3O3/c1-4-21(19(27)25(13-14(2)3)20(28)23-21)16-8-10-24(11-9-16)18(26)15-6-5-7-17(22)12-15/h5-7,12,16H,2,4,8-11,13H2,1,3H3,(H,23,28). The summed E-state index contributed by atoms with van der Waals surface area (Å²) in [6.07, 6.45) is 1.69. The molecule has 0 bridgehead atoms. The molecule has 3 rings (SSSR count). The predicted molar refractivity (Wildman–Crippen MR) is 103 cm³/mol. The quantitative estimate of drug-likeness (QED) is 0.624. The van der Waals surface area contributed by atoms with E-state index >= 15 is 0 Å². The second-order valence-corrected chi connectivity index (χ2v) is 7.68. The average molecular weight is 387 g/mol. The van der Waals surface area contributed by atoms with Crippen LogP contribution in [0, 0.1) is 11.7 Å². The Hall–Kier alpha value is -2.70. The molecule has 7 heteroatoms. The van der Waals surface area contributed by atoms with Gasteiger partial charge < -0.3 is 10.2 Å². The van der Waals surface area contributed by atoms with Crippen molar-refractivity contribution in [2.24, 2.45) is 5.92 Å². The molecule has 4 amide bonds. The Labute approximate surface area is 164 Å². The Morgan fingerprint density at radius 1 is 1.32 bits per heavy atom. The fraction of sp³-hybridized carbons (Fsp3) is 0.476. The molecule has 0 saturated carbocycles. The molecule has 0 radical (unpaired) electrons. The fourth-order valence-electron chi connectivity index (χ4n) is 4.24. The van der Waals surface area contributed by atoms with Crippen LogP contribution in [0.25, 0.3) is 0 Å². The van der Waals surface area contributed by atoms with Crippen molar-refractivity contribution in [3.63, 3.8) is 0 Å². The molecule has 2 aliphatic rings. The van der Waals surface area contributed by atoms with E-state index in [0.29, 0.717) is 37.9 Å². The first-order valence-corrected chi connectivity index (χ1v) is 9.62. The van der Waals surface area contributed by atoms with E-state index in [9.17, 15) is 18.8 Å². The van der Waals surface area contributed by atoms with Crippen molar-refractivity contribution in [3.8, 4) is 0 Å². The van der Waals surface area contributed by atoms with Crippen LogP contribution in [-0.2, 0) is 4.79 Å². The number of nitrogens with one attached hydrogen (secondary N) is 1. The Bertz CT molecular complexity index is 817. The van der Waals surface area contributed by atoms with E-state index in [0.717, 1.165) is 5.57 Å². The zero-order valence-corrected chi connectivity index (χ0v) is 16.3. The van der Waals surface area contributed by atoms with Gasteiger partial charge in [-0.25, -0.2) is 9.18 Å². The number of carbonyl (C=O) groups excluding carboxylic acids is 3. The highest BCUT2D eigenvalue weighted by Crippen LogP contribution is 2.36. The monoisotopic (exact) mass is 387 g/mol. The number of amides is 4. The van der Waals surface area contributed by atoms with Gasteiger partial charge in [-0.15, -0.1) is 0 Å². The van der Waals surface area contributed by atoms with Crippen molar-refractivity contribution < 1.29 is 18.8 Å². The first-order chi connectivity index (χ1) is 13.3. The number of hydrogen-bond donors (Lipinski definition) is 1. The van der Waals surface area contributed by atoms with Gasteiger partial charge in [0, 0.05) is 18.7 Å². The Balaban J connectivity index is 1.71. The maximum atomic E-state index is 13.4. The van der Waals surface area contributed by atoms with Crippen molar-refractivity contribution in [1.29, 1.82) is 0 Å². The molecule has 6 nitrogen and oxygen atoms in total. The summed E-state index contributed by atoms with van der Waals surface area (Å²) in [5.74, 6) is -0.921. The lowest BCUT2D eigenvalue weighted by molar-refractivity contribution is -0.133. The van der Waals surface area contributed by atoms with Gasteiger partial charge in [0.2, 0.25) is 0 Å². The van der Waals surface area contributed by atoms with Crippen molar-refractivity contribution in [1.82, 2.24) is 15.1 Å². The van der Waals surface area contributed by atoms with E-state index in [4.69, 9.17) is 0 Å². The van der Waals surface area contributed by atoms with Crippen molar-refractivity contribution >= 4 is 17.8 Å². The van der Waals surface area contributed by atoms with E-state index in [1.807, 2.05) is 6.92 Å². The molecule has 1 atom stereocenters. The lowest BCUT2D eigenvalue weighted by Gasteiger charge is -2.40. The van der Waals surface area contributed by atoms with E-state index in [-0.39, 0.29) is 30.3 Å². The molecule has 0 spiro atoms. The Kier molecular flexibility index (Phi) is 5.54. The average Bonchev–Trinajstić information content (AvgIpc) is 2.92. The summed E-state index contributed by atoms with van der Waals surface area (Å²) in [5, 5.41) is 2.92. The molecule has 2 heterocycles. The van der Waals surface area contributed by atoms with Crippen LogP contribution in [-0.4, -0.2) is 52.8 Å². The molecule has 1 aromatic rings. The van der Waals surface area contributed by atoms with Gasteiger partial charge >= 0.3 is 6.03 Å². The van der Waals surface area contributed by atoms with Gasteiger partial charge in [0.05, 0.1) is 6.54 Å². The van der Waals surface area contributed by atoms with Crippen molar-refractivity contribution in [2.75, 3.05) is 19.6 Å². The van der Waals surface area contributed by atoms with Crippen LogP contribution in [0.1, 0.15) is 43.5 Å². The smallest absolute Gasteiger partial charge is 0.325 e. The van der Waals surface area contributed by atoms with Gasteiger partial charge in [-0.2, -0.15) is 0 Å². The number of hydrogen-bond acceptors (Lipinski definition) is 3. The van der Waals surface area contributed by atoms with Crippen LogP contribution < -0.4 is 5.32 Å². The third kappa shape index (κ3) is 3.53. The summed E-state index contributed by atoms with van der Waals surface area (Å²) < 4.78 is 13.4. The molecular formula is C21H26FN3O3. The zero-order chi connectivity index (χ0) is 20.5. The second kappa shape index (κ2) is 7.73. The number of likely N-dealkylation sites (tertiary alicyclic amines) is 1. The van der Waals surface area contributed by atoms with E-state index in [1.54, 1.807) is 17.9 Å². The van der Waals surface area contributed by atoms with Crippen LogP contribution >= 0.6 is 0 Å². The SMILES string of the molecule is C=C(C)CN1C(=O)NC(CC)(C2CCN(C(=O)c3cccc(F)c3)CC2)C1=O. The van der Waals surface area contributed by atoms with Crippen LogP contribution in [0.3, 0.4) is 0 Å². The van der Waals surface area contributed by atoms with Gasteiger partial charge in [-0.1, -0.05) is 25.1 Å². The number of imide groups is 1. The van der Waals surface area contributed by atoms with Gasteiger partial charge in [0.1, 0.15) is 11.4 Å². The summed E-state index contributed by atoms with van der Waals surface area (Å²) in [5.41, 5.74) is 0.132. The number of urea groups is 1. The van der Waals surface area contributed by atoms with Gasteiger partial charge in [-0.3, -0.25) is 14.5 Å². The van der Waals surface area contributed by atoms with Crippen molar-refractivity contribution in [2.45, 2.75) is 38.6 Å². The van der Waals surface area contributed by atoms with E-state index in [1.165, 1.54) is 23.1 Å². The number of nitrogens with zero attached hydrogens (tertiary/aromatic N) is 2. The Morgan fingerprint density at radius 3 is 2.57 bits per heavy atom. The van der Waals surface area contributed by atoms with Crippen LogP contribution in [0.4, 0.5) is 9.18 Å². The molecule has 1 unspecified atom stereocenters. The van der Waals surface area contributed by atoms with Gasteiger partial charge in [0.25, 0.3) is 11.8 Å². The van der Waals surface area contributed by atoms with Gasteiger partial charge in [0.15, 0.2) is 0 Å². The summed E-state index contributed by atoms with van der Waals surface area (Å²) in [6, 6.07) is 5.27. The highest BCUT2D eigenvalue weighted by atomic mass is 19.1. The second-order valence-electron chi connectivity index (χ2n) is 7.68. The predicted octanol–water partition coefficient (Wildman–Crippen LogP) is 2.95. The summed E-state index contributed by atoms with van der Waals surface area (Å²) >= 11 is 0. The molecule has 0 aromatic heterocycles. The fourth-order valence-corrected chi connectivity index (χ4v) is 4.24.